The second-order valence-corrected chi connectivity index (χ2v) is 6.35. The van der Waals surface area contributed by atoms with E-state index >= 15 is 0 Å². The molecule has 0 unspecified atom stereocenters. The second-order valence-electron chi connectivity index (χ2n) is 6.35. The van der Waals surface area contributed by atoms with Gasteiger partial charge in [-0.3, -0.25) is 9.48 Å². The number of amides is 1. The summed E-state index contributed by atoms with van der Waals surface area (Å²) in [5.41, 5.74) is 1.99. The molecular weight excluding hydrogens is 355 g/mol. The predicted molar refractivity (Wildman–Crippen MR) is 96.6 cm³/mol. The Morgan fingerprint density at radius 3 is 2.52 bits per heavy atom. The Morgan fingerprint density at radius 1 is 1.07 bits per heavy atom. The van der Waals surface area contributed by atoms with Crippen molar-refractivity contribution in [2.24, 2.45) is 0 Å². The van der Waals surface area contributed by atoms with Crippen LogP contribution in [0.3, 0.4) is 0 Å². The van der Waals surface area contributed by atoms with Crippen LogP contribution in [-0.4, -0.2) is 15.7 Å². The van der Waals surface area contributed by atoms with Gasteiger partial charge in [-0.25, -0.2) is 0 Å². The summed E-state index contributed by atoms with van der Waals surface area (Å²) in [4.78, 5) is 12.3. The molecule has 1 aromatic heterocycles. The van der Waals surface area contributed by atoms with Gasteiger partial charge in [0, 0.05) is 17.3 Å². The number of aryl methyl sites for hydroxylation is 2. The SMILES string of the molecule is Cc1cccc(C(=O)Nc2cc(C)n(Cc3cccc(C(F)(F)F)c3)n2)c1. The number of benzene rings is 2. The molecule has 140 valence electrons. The molecule has 1 amide bonds. The number of hydrogen-bond donors (Lipinski definition) is 1. The molecule has 0 spiro atoms. The fourth-order valence-electron chi connectivity index (χ4n) is 2.73. The number of alkyl halides is 3. The molecule has 7 heteroatoms. The van der Waals surface area contributed by atoms with Crippen LogP contribution in [0.4, 0.5) is 19.0 Å². The number of anilines is 1. The number of hydrogen-bond acceptors (Lipinski definition) is 2. The van der Waals surface area contributed by atoms with E-state index in [1.54, 1.807) is 41.9 Å². The Kier molecular flexibility index (Phi) is 5.03. The highest BCUT2D eigenvalue weighted by Crippen LogP contribution is 2.29. The lowest BCUT2D eigenvalue weighted by Crippen LogP contribution is -2.13. The van der Waals surface area contributed by atoms with Crippen LogP contribution in [0, 0.1) is 13.8 Å². The van der Waals surface area contributed by atoms with Gasteiger partial charge in [0.2, 0.25) is 0 Å². The largest absolute Gasteiger partial charge is 0.416 e. The predicted octanol–water partition coefficient (Wildman–Crippen LogP) is 4.82. The zero-order valence-electron chi connectivity index (χ0n) is 14.8. The number of halogens is 3. The third-order valence-corrected chi connectivity index (χ3v) is 4.09. The first kappa shape index (κ1) is 18.7. The summed E-state index contributed by atoms with van der Waals surface area (Å²) in [6, 6.07) is 14.0. The summed E-state index contributed by atoms with van der Waals surface area (Å²) in [5, 5.41) is 7.01. The molecule has 0 atom stereocenters. The lowest BCUT2D eigenvalue weighted by Gasteiger charge is -2.09. The van der Waals surface area contributed by atoms with Crippen molar-refractivity contribution < 1.29 is 18.0 Å². The number of nitrogens with zero attached hydrogens (tertiary/aromatic N) is 2. The zero-order chi connectivity index (χ0) is 19.6. The third-order valence-electron chi connectivity index (χ3n) is 4.09. The first-order valence-corrected chi connectivity index (χ1v) is 8.31. The van der Waals surface area contributed by atoms with E-state index in [1.807, 2.05) is 13.0 Å². The number of carbonyl (C=O) groups excluding carboxylic acids is 1. The normalized spacial score (nSPS) is 11.4. The molecule has 0 saturated heterocycles. The van der Waals surface area contributed by atoms with Crippen LogP contribution in [0.5, 0.6) is 0 Å². The molecule has 0 fully saturated rings. The van der Waals surface area contributed by atoms with Crippen LogP contribution in [0.1, 0.15) is 32.7 Å². The molecular formula is C20H18F3N3O. The summed E-state index contributed by atoms with van der Waals surface area (Å²) in [6.07, 6.45) is -4.39. The quantitative estimate of drug-likeness (QED) is 0.713. The van der Waals surface area contributed by atoms with Crippen molar-refractivity contribution in [2.45, 2.75) is 26.6 Å². The highest BCUT2D eigenvalue weighted by molar-refractivity contribution is 6.03. The van der Waals surface area contributed by atoms with Gasteiger partial charge in [0.05, 0.1) is 12.1 Å². The Hall–Kier alpha value is -3.09. The van der Waals surface area contributed by atoms with E-state index in [2.05, 4.69) is 10.4 Å². The van der Waals surface area contributed by atoms with Gasteiger partial charge in [-0.1, -0.05) is 29.8 Å². The van der Waals surface area contributed by atoms with E-state index < -0.39 is 11.7 Å². The van der Waals surface area contributed by atoms with Gasteiger partial charge in [0.1, 0.15) is 0 Å². The fourth-order valence-corrected chi connectivity index (χ4v) is 2.73. The Bertz CT molecular complexity index is 977. The van der Waals surface area contributed by atoms with Crippen LogP contribution in [0.2, 0.25) is 0 Å². The first-order chi connectivity index (χ1) is 12.7. The molecule has 1 N–H and O–H groups in total. The fraction of sp³-hybridized carbons (Fsp3) is 0.200. The summed E-state index contributed by atoms with van der Waals surface area (Å²) in [7, 11) is 0. The van der Waals surface area contributed by atoms with Crippen molar-refractivity contribution in [1.82, 2.24) is 9.78 Å². The molecule has 2 aromatic carbocycles. The molecule has 3 aromatic rings. The maximum absolute atomic E-state index is 12.9. The molecule has 3 rings (SSSR count). The zero-order valence-corrected chi connectivity index (χ0v) is 14.8. The van der Waals surface area contributed by atoms with E-state index in [4.69, 9.17) is 0 Å². The van der Waals surface area contributed by atoms with Crippen LogP contribution < -0.4 is 5.32 Å². The van der Waals surface area contributed by atoms with Gasteiger partial charge in [0.15, 0.2) is 5.82 Å². The lowest BCUT2D eigenvalue weighted by molar-refractivity contribution is -0.137. The number of aromatic nitrogens is 2. The summed E-state index contributed by atoms with van der Waals surface area (Å²) >= 11 is 0. The van der Waals surface area contributed by atoms with E-state index in [0.717, 1.165) is 23.4 Å². The minimum atomic E-state index is -4.39. The number of rotatable bonds is 4. The van der Waals surface area contributed by atoms with Crippen molar-refractivity contribution in [3.63, 3.8) is 0 Å². The Morgan fingerprint density at radius 2 is 1.81 bits per heavy atom. The van der Waals surface area contributed by atoms with Gasteiger partial charge in [-0.2, -0.15) is 18.3 Å². The minimum absolute atomic E-state index is 0.177. The monoisotopic (exact) mass is 373 g/mol. The first-order valence-electron chi connectivity index (χ1n) is 8.31. The maximum Gasteiger partial charge on any atom is 0.416 e. The maximum atomic E-state index is 12.9. The highest BCUT2D eigenvalue weighted by atomic mass is 19.4. The van der Waals surface area contributed by atoms with Crippen molar-refractivity contribution in [2.75, 3.05) is 5.32 Å². The summed E-state index contributed by atoms with van der Waals surface area (Å²) in [5.74, 6) is 0.0633. The van der Waals surface area contributed by atoms with E-state index in [1.165, 1.54) is 6.07 Å². The van der Waals surface area contributed by atoms with Crippen LogP contribution in [0.15, 0.2) is 54.6 Å². The molecule has 1 heterocycles. The van der Waals surface area contributed by atoms with Gasteiger partial charge < -0.3 is 5.32 Å². The Balaban J connectivity index is 1.76. The highest BCUT2D eigenvalue weighted by Gasteiger charge is 2.30. The molecule has 0 saturated carbocycles. The van der Waals surface area contributed by atoms with Crippen molar-refractivity contribution in [3.8, 4) is 0 Å². The van der Waals surface area contributed by atoms with Crippen LogP contribution in [0.25, 0.3) is 0 Å². The van der Waals surface area contributed by atoms with Crippen molar-refractivity contribution in [1.29, 1.82) is 0 Å². The average Bonchev–Trinajstić information content (AvgIpc) is 2.93. The van der Waals surface area contributed by atoms with Gasteiger partial charge >= 0.3 is 6.18 Å². The van der Waals surface area contributed by atoms with Crippen molar-refractivity contribution >= 4 is 11.7 Å². The number of carbonyl (C=O) groups is 1. The lowest BCUT2D eigenvalue weighted by atomic mass is 10.1. The summed E-state index contributed by atoms with van der Waals surface area (Å²) < 4.78 is 40.1. The van der Waals surface area contributed by atoms with Crippen LogP contribution >= 0.6 is 0 Å². The van der Waals surface area contributed by atoms with Crippen molar-refractivity contribution in [3.05, 3.63) is 82.5 Å². The topological polar surface area (TPSA) is 46.9 Å². The van der Waals surface area contributed by atoms with E-state index in [0.29, 0.717) is 16.9 Å². The van der Waals surface area contributed by atoms with E-state index in [-0.39, 0.29) is 12.5 Å². The van der Waals surface area contributed by atoms with Gasteiger partial charge in [0.25, 0.3) is 5.91 Å². The molecule has 0 aliphatic carbocycles. The molecule has 0 aliphatic heterocycles. The number of nitrogens with one attached hydrogen (secondary N) is 1. The molecule has 4 nitrogen and oxygen atoms in total. The standard InChI is InChI=1S/C20H18F3N3O/c1-13-5-3-7-16(9-13)19(27)24-18-10-14(2)26(25-18)12-15-6-4-8-17(11-15)20(21,22)23/h3-11H,12H2,1-2H3,(H,24,25,27). The van der Waals surface area contributed by atoms with Crippen LogP contribution in [-0.2, 0) is 12.7 Å². The molecule has 0 aliphatic rings. The van der Waals surface area contributed by atoms with E-state index in [9.17, 15) is 18.0 Å². The smallest absolute Gasteiger partial charge is 0.305 e. The molecule has 0 radical (unpaired) electrons. The van der Waals surface area contributed by atoms with Gasteiger partial charge in [-0.15, -0.1) is 0 Å². The minimum Gasteiger partial charge on any atom is -0.305 e. The Labute approximate surface area is 154 Å². The van der Waals surface area contributed by atoms with Gasteiger partial charge in [-0.05, 0) is 43.7 Å². The molecule has 0 bridgehead atoms. The molecule has 27 heavy (non-hydrogen) atoms. The summed E-state index contributed by atoms with van der Waals surface area (Å²) in [6.45, 7) is 3.85. The third kappa shape index (κ3) is 4.55. The average molecular weight is 373 g/mol. The second kappa shape index (κ2) is 7.26.